The number of hydrogen-bond acceptors (Lipinski definition) is 7. The van der Waals surface area contributed by atoms with E-state index in [1.165, 1.54) is 12.8 Å². The maximum atomic E-state index is 9.77. The summed E-state index contributed by atoms with van der Waals surface area (Å²) in [7, 11) is 0. The molecule has 0 amide bonds. The quantitative estimate of drug-likeness (QED) is 0.445. The van der Waals surface area contributed by atoms with Crippen LogP contribution in [0.2, 0.25) is 0 Å². The predicted octanol–water partition coefficient (Wildman–Crippen LogP) is -0.0203. The smallest absolute Gasteiger partial charge is 0.335 e. The van der Waals surface area contributed by atoms with Crippen LogP contribution >= 0.6 is 0 Å². The number of aliphatic hydroxyl groups is 2. The van der Waals surface area contributed by atoms with Crippen LogP contribution in [0.3, 0.4) is 0 Å². The van der Waals surface area contributed by atoms with Gasteiger partial charge in [0.05, 0.1) is 0 Å². The molecule has 1 saturated heterocycles. The Morgan fingerprint density at radius 2 is 1.50 bits per heavy atom. The minimum atomic E-state index is -2.27. The second-order valence-electron chi connectivity index (χ2n) is 6.00. The Kier molecular flexibility index (Phi) is 9.17. The van der Waals surface area contributed by atoms with Crippen LogP contribution in [-0.4, -0.2) is 68.8 Å². The average molecular weight is 370 g/mol. The molecule has 1 fully saturated rings. The molecule has 9 nitrogen and oxygen atoms in total. The van der Waals surface area contributed by atoms with E-state index in [0.29, 0.717) is 0 Å². The fourth-order valence-electron chi connectivity index (χ4n) is 2.33. The summed E-state index contributed by atoms with van der Waals surface area (Å²) in [5.41, 5.74) is 7.15. The van der Waals surface area contributed by atoms with Gasteiger partial charge in [0.25, 0.3) is 0 Å². The van der Waals surface area contributed by atoms with Gasteiger partial charge in [0.15, 0.2) is 12.2 Å². The lowest BCUT2D eigenvalue weighted by atomic mass is 10.0. The maximum absolute atomic E-state index is 9.77. The highest BCUT2D eigenvalue weighted by molar-refractivity contribution is 5.83. The fourth-order valence-corrected chi connectivity index (χ4v) is 2.33. The first-order valence-corrected chi connectivity index (χ1v) is 8.28. The number of rotatable bonds is 7. The Labute approximate surface area is 151 Å². The molecular formula is C17H26N2O7. The summed E-state index contributed by atoms with van der Waals surface area (Å²) in [5.74, 6) is -3.54. The third kappa shape index (κ3) is 7.06. The average Bonchev–Trinajstić information content (AvgIpc) is 3.12. The van der Waals surface area contributed by atoms with Gasteiger partial charge in [-0.2, -0.15) is 5.06 Å². The van der Waals surface area contributed by atoms with Crippen LogP contribution in [-0.2, 0) is 14.4 Å². The van der Waals surface area contributed by atoms with Gasteiger partial charge in [-0.3, -0.25) is 4.84 Å². The Balaban J connectivity index is 0.000000294. The highest BCUT2D eigenvalue weighted by Crippen LogP contribution is 2.23. The summed E-state index contributed by atoms with van der Waals surface area (Å²) in [6, 6.07) is 10.2. The molecule has 1 aliphatic heterocycles. The van der Waals surface area contributed by atoms with Gasteiger partial charge in [0.2, 0.25) is 0 Å². The summed E-state index contributed by atoms with van der Waals surface area (Å²) >= 11 is 0. The molecule has 0 aromatic heterocycles. The molecule has 1 aromatic carbocycles. The third-order valence-electron chi connectivity index (χ3n) is 3.74. The number of carboxylic acid groups (broad SMARTS) is 2. The first kappa shape index (κ1) is 22.0. The van der Waals surface area contributed by atoms with Crippen molar-refractivity contribution in [3.63, 3.8) is 0 Å². The molecule has 1 aromatic rings. The van der Waals surface area contributed by atoms with Crippen molar-refractivity contribution < 1.29 is 34.9 Å². The van der Waals surface area contributed by atoms with E-state index in [2.05, 4.69) is 12.1 Å². The molecule has 0 radical (unpaired) electrons. The lowest BCUT2D eigenvalue weighted by Crippen LogP contribution is -2.39. The number of benzene rings is 1. The van der Waals surface area contributed by atoms with Gasteiger partial charge < -0.3 is 26.2 Å². The van der Waals surface area contributed by atoms with E-state index in [-0.39, 0.29) is 12.1 Å². The lowest BCUT2D eigenvalue weighted by molar-refractivity contribution is -0.192. The number of nitrogens with two attached hydrogens (primary N) is 1. The first-order valence-electron chi connectivity index (χ1n) is 8.28. The highest BCUT2D eigenvalue weighted by Gasteiger charge is 2.29. The van der Waals surface area contributed by atoms with Crippen molar-refractivity contribution in [2.24, 2.45) is 5.73 Å². The Morgan fingerprint density at radius 3 is 1.88 bits per heavy atom. The molecule has 4 atom stereocenters. The van der Waals surface area contributed by atoms with Gasteiger partial charge in [-0.05, 0) is 25.3 Å². The molecule has 2 rings (SSSR count). The van der Waals surface area contributed by atoms with Gasteiger partial charge in [-0.15, -0.1) is 0 Å². The number of nitrogens with zero attached hydrogens (tertiary/aromatic N) is 1. The van der Waals surface area contributed by atoms with Crippen LogP contribution < -0.4 is 5.73 Å². The van der Waals surface area contributed by atoms with Crippen molar-refractivity contribution in [2.75, 3.05) is 13.1 Å². The van der Waals surface area contributed by atoms with Gasteiger partial charge >= 0.3 is 11.9 Å². The molecule has 1 heterocycles. The van der Waals surface area contributed by atoms with E-state index < -0.39 is 24.1 Å². The molecule has 146 valence electrons. The first-order chi connectivity index (χ1) is 12.2. The molecule has 0 spiro atoms. The zero-order valence-corrected chi connectivity index (χ0v) is 14.6. The minimum Gasteiger partial charge on any atom is -0.479 e. The predicted molar refractivity (Wildman–Crippen MR) is 92.0 cm³/mol. The van der Waals surface area contributed by atoms with E-state index in [1.807, 2.05) is 30.2 Å². The topological polar surface area (TPSA) is 154 Å². The van der Waals surface area contributed by atoms with Crippen molar-refractivity contribution in [3.8, 4) is 0 Å². The van der Waals surface area contributed by atoms with Crippen molar-refractivity contribution in [1.82, 2.24) is 5.06 Å². The second kappa shape index (κ2) is 10.8. The number of carbonyl (C=O) groups is 2. The van der Waals surface area contributed by atoms with Crippen LogP contribution in [0.15, 0.2) is 30.3 Å². The Hall–Kier alpha value is -2.04. The van der Waals surface area contributed by atoms with Crippen LogP contribution in [0.25, 0.3) is 0 Å². The van der Waals surface area contributed by atoms with E-state index in [9.17, 15) is 9.59 Å². The molecule has 0 bridgehead atoms. The molecule has 0 aliphatic carbocycles. The molecule has 9 heteroatoms. The van der Waals surface area contributed by atoms with E-state index in [1.54, 1.807) is 0 Å². The van der Waals surface area contributed by atoms with Crippen LogP contribution in [0.4, 0.5) is 0 Å². The number of hydrogen-bond donors (Lipinski definition) is 5. The summed E-state index contributed by atoms with van der Waals surface area (Å²) < 4.78 is 0. The van der Waals surface area contributed by atoms with E-state index in [4.69, 9.17) is 31.0 Å². The molecule has 0 saturated carbocycles. The van der Waals surface area contributed by atoms with Crippen molar-refractivity contribution in [1.29, 1.82) is 0 Å². The van der Waals surface area contributed by atoms with Crippen LogP contribution in [0, 0.1) is 0 Å². The minimum absolute atomic E-state index is 0.00278. The van der Waals surface area contributed by atoms with Crippen LogP contribution in [0.1, 0.15) is 31.4 Å². The van der Waals surface area contributed by atoms with Crippen molar-refractivity contribution in [3.05, 3.63) is 35.9 Å². The van der Waals surface area contributed by atoms with Crippen molar-refractivity contribution in [2.45, 2.75) is 44.1 Å². The summed E-state index contributed by atoms with van der Waals surface area (Å²) in [5, 5.41) is 34.6. The largest absolute Gasteiger partial charge is 0.479 e. The Morgan fingerprint density at radius 1 is 1.04 bits per heavy atom. The molecule has 1 aliphatic rings. The number of hydroxylamine groups is 2. The molecule has 4 unspecified atom stereocenters. The summed E-state index contributed by atoms with van der Waals surface area (Å²) in [4.78, 5) is 25.5. The summed E-state index contributed by atoms with van der Waals surface area (Å²) in [6.07, 6.45) is -2.12. The van der Waals surface area contributed by atoms with Crippen molar-refractivity contribution >= 4 is 11.9 Å². The van der Waals surface area contributed by atoms with Gasteiger partial charge in [-0.1, -0.05) is 30.3 Å². The van der Waals surface area contributed by atoms with E-state index >= 15 is 0 Å². The third-order valence-corrected chi connectivity index (χ3v) is 3.74. The molecule has 6 N–H and O–H groups in total. The number of carboxylic acids is 2. The second-order valence-corrected chi connectivity index (χ2v) is 6.00. The maximum Gasteiger partial charge on any atom is 0.335 e. The highest BCUT2D eigenvalue weighted by atomic mass is 16.7. The molecular weight excluding hydrogens is 344 g/mol. The van der Waals surface area contributed by atoms with Gasteiger partial charge in [0.1, 0.15) is 6.10 Å². The van der Waals surface area contributed by atoms with Gasteiger partial charge in [0, 0.05) is 19.1 Å². The van der Waals surface area contributed by atoms with E-state index in [0.717, 1.165) is 18.7 Å². The van der Waals surface area contributed by atoms with Gasteiger partial charge in [-0.25, -0.2) is 9.59 Å². The lowest BCUT2D eigenvalue weighted by Gasteiger charge is -2.26. The Bertz CT molecular complexity index is 543. The summed E-state index contributed by atoms with van der Waals surface area (Å²) in [6.45, 7) is 4.04. The standard InChI is InChI=1S/C13H20N2O.C4H6O6/c1-11(14)13(12-7-3-2-4-8-12)16-15-9-5-6-10-15;5-1(3(7)8)2(6)4(9)10/h2-4,7-8,11,13H,5-6,9-10,14H2,1H3;1-2,5-6H,(H,7,8)(H,9,10). The normalized spacial score (nSPS) is 18.9. The number of aliphatic carboxylic acids is 2. The number of aliphatic hydroxyl groups excluding tert-OH is 2. The fraction of sp³-hybridized carbons (Fsp3) is 0.529. The zero-order chi connectivity index (χ0) is 19.7. The SMILES string of the molecule is CC(N)C(ON1CCCC1)c1ccccc1.O=C(O)C(O)C(O)C(=O)O. The molecule has 26 heavy (non-hydrogen) atoms. The monoisotopic (exact) mass is 370 g/mol. The van der Waals surface area contributed by atoms with Crippen LogP contribution in [0.5, 0.6) is 0 Å². The zero-order valence-electron chi connectivity index (χ0n) is 14.6.